The minimum absolute atomic E-state index is 0.282. The predicted octanol–water partition coefficient (Wildman–Crippen LogP) is 2.49. The Morgan fingerprint density at radius 2 is 2.24 bits per heavy atom. The maximum atomic E-state index is 14.5. The second kappa shape index (κ2) is 5.48. The van der Waals surface area contributed by atoms with Gasteiger partial charge in [-0.2, -0.15) is 0 Å². The molecule has 4 nitrogen and oxygen atoms in total. The first-order valence-corrected chi connectivity index (χ1v) is 7.43. The average Bonchev–Trinajstić information content (AvgIpc) is 2.47. The summed E-state index contributed by atoms with van der Waals surface area (Å²) >= 11 is 0. The second-order valence-corrected chi connectivity index (χ2v) is 5.62. The molecule has 0 amide bonds. The summed E-state index contributed by atoms with van der Waals surface area (Å²) in [4.78, 5) is 8.87. The lowest BCUT2D eigenvalue weighted by Crippen LogP contribution is -2.52. The number of aromatic nitrogens is 1. The van der Waals surface area contributed by atoms with Gasteiger partial charge in [-0.05, 0) is 31.7 Å². The zero-order valence-corrected chi connectivity index (χ0v) is 12.5. The lowest BCUT2D eigenvalue weighted by Gasteiger charge is -2.40. The van der Waals surface area contributed by atoms with Crippen LogP contribution in [0.2, 0.25) is 0 Å². The van der Waals surface area contributed by atoms with E-state index in [1.165, 1.54) is 6.07 Å². The largest absolute Gasteiger partial charge is 0.398 e. The molecule has 0 spiro atoms. The van der Waals surface area contributed by atoms with Gasteiger partial charge in [-0.3, -0.25) is 9.88 Å². The summed E-state index contributed by atoms with van der Waals surface area (Å²) in [6.45, 7) is 7.92. The van der Waals surface area contributed by atoms with Crippen molar-refractivity contribution in [1.29, 1.82) is 0 Å². The number of likely N-dealkylation sites (N-methyl/N-ethyl adjacent to an activating group) is 1. The lowest BCUT2D eigenvalue weighted by atomic mass is 10.1. The zero-order valence-electron chi connectivity index (χ0n) is 12.5. The van der Waals surface area contributed by atoms with Crippen LogP contribution in [0.25, 0.3) is 10.9 Å². The first kappa shape index (κ1) is 14.1. The van der Waals surface area contributed by atoms with E-state index in [1.54, 1.807) is 6.20 Å². The van der Waals surface area contributed by atoms with Gasteiger partial charge >= 0.3 is 0 Å². The maximum Gasteiger partial charge on any atom is 0.150 e. The summed E-state index contributed by atoms with van der Waals surface area (Å²) in [7, 11) is 0. The van der Waals surface area contributed by atoms with Crippen molar-refractivity contribution in [3.8, 4) is 0 Å². The molecule has 2 heterocycles. The fourth-order valence-corrected chi connectivity index (χ4v) is 3.19. The van der Waals surface area contributed by atoms with Gasteiger partial charge in [-0.25, -0.2) is 4.39 Å². The third-order valence-corrected chi connectivity index (χ3v) is 4.34. The van der Waals surface area contributed by atoms with Crippen molar-refractivity contribution < 1.29 is 4.39 Å². The van der Waals surface area contributed by atoms with E-state index in [-0.39, 0.29) is 5.82 Å². The molecule has 1 fully saturated rings. The number of halogens is 1. The molecule has 1 aliphatic rings. The van der Waals surface area contributed by atoms with E-state index in [4.69, 9.17) is 5.73 Å². The van der Waals surface area contributed by atoms with Crippen LogP contribution >= 0.6 is 0 Å². The number of nitrogens with zero attached hydrogens (tertiary/aromatic N) is 3. The van der Waals surface area contributed by atoms with E-state index in [0.717, 1.165) is 31.6 Å². The third-order valence-electron chi connectivity index (χ3n) is 4.34. The molecule has 1 aromatic heterocycles. The van der Waals surface area contributed by atoms with Crippen molar-refractivity contribution in [2.75, 3.05) is 36.8 Å². The number of rotatable bonds is 2. The number of piperazine rings is 1. The average molecular weight is 288 g/mol. The van der Waals surface area contributed by atoms with Gasteiger partial charge in [0.05, 0.1) is 11.2 Å². The molecule has 1 saturated heterocycles. The quantitative estimate of drug-likeness (QED) is 0.862. The minimum Gasteiger partial charge on any atom is -0.398 e. The summed E-state index contributed by atoms with van der Waals surface area (Å²) in [5.41, 5.74) is 7.61. The Kier molecular flexibility index (Phi) is 3.68. The molecule has 112 valence electrons. The van der Waals surface area contributed by atoms with E-state index in [1.807, 2.05) is 12.1 Å². The van der Waals surface area contributed by atoms with Crippen LogP contribution in [0.3, 0.4) is 0 Å². The van der Waals surface area contributed by atoms with E-state index >= 15 is 0 Å². The van der Waals surface area contributed by atoms with Gasteiger partial charge in [0.1, 0.15) is 0 Å². The van der Waals surface area contributed by atoms with Crippen molar-refractivity contribution in [2.45, 2.75) is 19.9 Å². The zero-order chi connectivity index (χ0) is 15.0. The number of benzene rings is 1. The fourth-order valence-electron chi connectivity index (χ4n) is 3.19. The van der Waals surface area contributed by atoms with Gasteiger partial charge in [0.15, 0.2) is 5.82 Å². The Morgan fingerprint density at radius 1 is 1.43 bits per heavy atom. The number of nitrogens with two attached hydrogens (primary N) is 1. The fraction of sp³-hybridized carbons (Fsp3) is 0.438. The van der Waals surface area contributed by atoms with Crippen LogP contribution in [-0.4, -0.2) is 42.1 Å². The van der Waals surface area contributed by atoms with E-state index in [9.17, 15) is 4.39 Å². The predicted molar refractivity (Wildman–Crippen MR) is 85.0 cm³/mol. The van der Waals surface area contributed by atoms with Gasteiger partial charge < -0.3 is 10.6 Å². The number of pyridine rings is 1. The Hall–Kier alpha value is -1.88. The standard InChI is InChI=1S/C16H21FN4/c1-3-20-7-8-21(10-11(20)2)16-13(17)9-14(18)12-5-4-6-19-15(12)16/h4-6,9,11H,3,7-8,10,18H2,1-2H3. The lowest BCUT2D eigenvalue weighted by molar-refractivity contribution is 0.199. The Bertz CT molecular complexity index is 658. The van der Waals surface area contributed by atoms with Gasteiger partial charge in [-0.15, -0.1) is 0 Å². The van der Waals surface area contributed by atoms with Crippen molar-refractivity contribution in [3.63, 3.8) is 0 Å². The topological polar surface area (TPSA) is 45.4 Å². The highest BCUT2D eigenvalue weighted by Crippen LogP contribution is 2.33. The molecule has 1 atom stereocenters. The molecule has 2 aromatic rings. The highest BCUT2D eigenvalue weighted by Gasteiger charge is 2.26. The van der Waals surface area contributed by atoms with Crippen LogP contribution in [0, 0.1) is 5.82 Å². The van der Waals surface area contributed by atoms with E-state index in [2.05, 4.69) is 28.6 Å². The third kappa shape index (κ3) is 2.42. The molecule has 1 unspecified atom stereocenters. The van der Waals surface area contributed by atoms with Gasteiger partial charge in [0.25, 0.3) is 0 Å². The van der Waals surface area contributed by atoms with Crippen LogP contribution in [0.1, 0.15) is 13.8 Å². The first-order valence-electron chi connectivity index (χ1n) is 7.43. The summed E-state index contributed by atoms with van der Waals surface area (Å²) in [5, 5.41) is 0.819. The van der Waals surface area contributed by atoms with E-state index in [0.29, 0.717) is 22.9 Å². The van der Waals surface area contributed by atoms with Crippen LogP contribution in [-0.2, 0) is 0 Å². The Labute approximate surface area is 124 Å². The molecule has 0 aliphatic carbocycles. The first-order chi connectivity index (χ1) is 10.1. The van der Waals surface area contributed by atoms with Crippen LogP contribution in [0.5, 0.6) is 0 Å². The summed E-state index contributed by atoms with van der Waals surface area (Å²) in [6.07, 6.45) is 1.69. The Morgan fingerprint density at radius 3 is 2.95 bits per heavy atom. The second-order valence-electron chi connectivity index (χ2n) is 5.62. The van der Waals surface area contributed by atoms with Crippen molar-refractivity contribution in [3.05, 3.63) is 30.2 Å². The highest BCUT2D eigenvalue weighted by atomic mass is 19.1. The molecule has 0 radical (unpaired) electrons. The van der Waals surface area contributed by atoms with Crippen LogP contribution in [0.15, 0.2) is 24.4 Å². The molecular formula is C16H21FN4. The SMILES string of the molecule is CCN1CCN(c2c(F)cc(N)c3cccnc23)CC1C. The molecule has 1 aromatic carbocycles. The number of hydrogen-bond acceptors (Lipinski definition) is 4. The maximum absolute atomic E-state index is 14.5. The Balaban J connectivity index is 2.05. The molecular weight excluding hydrogens is 267 g/mol. The number of fused-ring (bicyclic) bond motifs is 1. The number of hydrogen-bond donors (Lipinski definition) is 1. The molecule has 1 aliphatic heterocycles. The minimum atomic E-state index is -0.282. The molecule has 0 saturated carbocycles. The van der Waals surface area contributed by atoms with Crippen molar-refractivity contribution in [2.24, 2.45) is 0 Å². The van der Waals surface area contributed by atoms with Gasteiger partial charge in [0.2, 0.25) is 0 Å². The summed E-state index contributed by atoms with van der Waals surface area (Å²) in [6, 6.07) is 5.54. The monoisotopic (exact) mass is 288 g/mol. The molecule has 0 bridgehead atoms. The van der Waals surface area contributed by atoms with Crippen LogP contribution < -0.4 is 10.6 Å². The van der Waals surface area contributed by atoms with Crippen LogP contribution in [0.4, 0.5) is 15.8 Å². The molecule has 21 heavy (non-hydrogen) atoms. The molecule has 3 rings (SSSR count). The van der Waals surface area contributed by atoms with Crippen molar-refractivity contribution in [1.82, 2.24) is 9.88 Å². The highest BCUT2D eigenvalue weighted by molar-refractivity contribution is 5.98. The van der Waals surface area contributed by atoms with Gasteiger partial charge in [0, 0.05) is 42.9 Å². The summed E-state index contributed by atoms with van der Waals surface area (Å²) < 4.78 is 14.5. The number of nitrogen functional groups attached to an aromatic ring is 1. The number of anilines is 2. The van der Waals surface area contributed by atoms with Crippen molar-refractivity contribution >= 4 is 22.3 Å². The molecule has 5 heteroatoms. The molecule has 2 N–H and O–H groups in total. The smallest absolute Gasteiger partial charge is 0.150 e. The normalized spacial score (nSPS) is 20.1. The van der Waals surface area contributed by atoms with Gasteiger partial charge in [-0.1, -0.05) is 6.92 Å². The van der Waals surface area contributed by atoms with E-state index < -0.39 is 0 Å². The summed E-state index contributed by atoms with van der Waals surface area (Å²) in [5.74, 6) is -0.282.